The van der Waals surface area contributed by atoms with Crippen molar-refractivity contribution in [3.63, 3.8) is 0 Å². The molecule has 0 aromatic heterocycles. The van der Waals surface area contributed by atoms with Crippen LogP contribution in [0.1, 0.15) is 77.6 Å². The molecule has 0 aliphatic carbocycles. The number of rotatable bonds is 14. The van der Waals surface area contributed by atoms with Gasteiger partial charge < -0.3 is 5.11 Å². The Morgan fingerprint density at radius 1 is 0.857 bits per heavy atom. The number of carboxylic acids is 1. The van der Waals surface area contributed by atoms with Gasteiger partial charge in [0.25, 0.3) is 0 Å². The van der Waals surface area contributed by atoms with E-state index in [4.69, 9.17) is 5.11 Å². The molecule has 0 aromatic rings. The lowest BCUT2D eigenvalue weighted by Crippen LogP contribution is -1.93. The first-order valence-electron chi connectivity index (χ1n) is 8.23. The van der Waals surface area contributed by atoms with Crippen LogP contribution in [0.15, 0.2) is 24.3 Å². The zero-order valence-electron chi connectivity index (χ0n) is 13.4. The predicted octanol–water partition coefficient (Wildman–Crippen LogP) is 5.06. The Labute approximate surface area is 129 Å². The number of allylic oxidation sites excluding steroid dienone is 4. The summed E-state index contributed by atoms with van der Waals surface area (Å²) in [7, 11) is 0. The number of aliphatic carboxylic acids is 1. The van der Waals surface area contributed by atoms with Crippen molar-refractivity contribution in [1.29, 1.82) is 0 Å². The van der Waals surface area contributed by atoms with Crippen LogP contribution in [0.25, 0.3) is 0 Å². The molecule has 120 valence electrons. The average molecular weight is 294 g/mol. The first-order chi connectivity index (χ1) is 10.2. The third kappa shape index (κ3) is 16.6. The zero-order chi connectivity index (χ0) is 15.8. The second-order valence-electron chi connectivity index (χ2n) is 5.38. The Bertz CT molecular complexity index is 329. The van der Waals surface area contributed by atoms with Gasteiger partial charge in [-0.25, -0.2) is 0 Å². The van der Waals surface area contributed by atoms with Gasteiger partial charge in [0.05, 0.1) is 0 Å². The van der Waals surface area contributed by atoms with Crippen LogP contribution in [-0.2, 0) is 9.59 Å². The van der Waals surface area contributed by atoms with E-state index in [0.29, 0.717) is 12.8 Å². The number of carboxylic acid groups (broad SMARTS) is 1. The second-order valence-corrected chi connectivity index (χ2v) is 5.38. The molecule has 0 saturated heterocycles. The molecule has 0 radical (unpaired) electrons. The molecular weight excluding hydrogens is 264 g/mol. The predicted molar refractivity (Wildman–Crippen MR) is 87.4 cm³/mol. The Morgan fingerprint density at radius 2 is 1.57 bits per heavy atom. The Hall–Kier alpha value is -1.38. The summed E-state index contributed by atoms with van der Waals surface area (Å²) in [4.78, 5) is 21.7. The van der Waals surface area contributed by atoms with Crippen LogP contribution in [0.5, 0.6) is 0 Å². The smallest absolute Gasteiger partial charge is 0.303 e. The van der Waals surface area contributed by atoms with E-state index in [-0.39, 0.29) is 5.78 Å². The van der Waals surface area contributed by atoms with E-state index in [1.807, 2.05) is 6.08 Å². The Morgan fingerprint density at radius 3 is 2.29 bits per heavy atom. The quantitative estimate of drug-likeness (QED) is 0.277. The Balaban J connectivity index is 3.34. The van der Waals surface area contributed by atoms with Gasteiger partial charge in [0, 0.05) is 12.8 Å². The highest BCUT2D eigenvalue weighted by atomic mass is 16.4. The lowest BCUT2D eigenvalue weighted by atomic mass is 10.1. The van der Waals surface area contributed by atoms with Crippen molar-refractivity contribution in [3.05, 3.63) is 24.3 Å². The highest BCUT2D eigenvalue weighted by Crippen LogP contribution is 2.07. The summed E-state index contributed by atoms with van der Waals surface area (Å²) in [6, 6.07) is 0. The third-order valence-electron chi connectivity index (χ3n) is 3.28. The molecule has 0 aliphatic heterocycles. The van der Waals surface area contributed by atoms with Crippen LogP contribution in [0.2, 0.25) is 0 Å². The normalized spacial score (nSPS) is 11.5. The third-order valence-corrected chi connectivity index (χ3v) is 3.28. The van der Waals surface area contributed by atoms with Crippen LogP contribution in [0, 0.1) is 0 Å². The molecule has 0 unspecified atom stereocenters. The van der Waals surface area contributed by atoms with Gasteiger partial charge in [-0.1, -0.05) is 50.8 Å². The maximum Gasteiger partial charge on any atom is 0.303 e. The summed E-state index contributed by atoms with van der Waals surface area (Å²) >= 11 is 0. The van der Waals surface area contributed by atoms with Crippen LogP contribution in [-0.4, -0.2) is 16.9 Å². The molecule has 0 heterocycles. The fraction of sp³-hybridized carbons (Fsp3) is 0.667. The van der Waals surface area contributed by atoms with Crippen LogP contribution in [0.4, 0.5) is 0 Å². The molecule has 21 heavy (non-hydrogen) atoms. The van der Waals surface area contributed by atoms with E-state index in [9.17, 15) is 9.59 Å². The van der Waals surface area contributed by atoms with Crippen molar-refractivity contribution in [1.82, 2.24) is 0 Å². The SMILES string of the molecule is CCCCC(=O)/C=C/C/C=C\CCCCCCCC(=O)O. The van der Waals surface area contributed by atoms with Crippen LogP contribution >= 0.6 is 0 Å². The monoisotopic (exact) mass is 294 g/mol. The van der Waals surface area contributed by atoms with E-state index in [1.54, 1.807) is 6.08 Å². The summed E-state index contributed by atoms with van der Waals surface area (Å²) in [6.07, 6.45) is 18.0. The van der Waals surface area contributed by atoms with Crippen molar-refractivity contribution in [2.24, 2.45) is 0 Å². The minimum Gasteiger partial charge on any atom is -0.481 e. The molecule has 0 fully saturated rings. The average Bonchev–Trinajstić information content (AvgIpc) is 2.45. The van der Waals surface area contributed by atoms with Crippen LogP contribution < -0.4 is 0 Å². The number of unbranched alkanes of at least 4 members (excludes halogenated alkanes) is 6. The molecule has 0 amide bonds. The molecule has 3 nitrogen and oxygen atoms in total. The summed E-state index contributed by atoms with van der Waals surface area (Å²) in [6.45, 7) is 2.09. The van der Waals surface area contributed by atoms with Gasteiger partial charge in [0.2, 0.25) is 0 Å². The fourth-order valence-corrected chi connectivity index (χ4v) is 2.00. The molecule has 0 aliphatic rings. The number of carbonyl (C=O) groups excluding carboxylic acids is 1. The summed E-state index contributed by atoms with van der Waals surface area (Å²) in [5, 5.41) is 8.50. The van der Waals surface area contributed by atoms with Crippen molar-refractivity contribution in [2.45, 2.75) is 77.6 Å². The molecule has 3 heteroatoms. The minimum atomic E-state index is -0.695. The number of hydrogen-bond acceptors (Lipinski definition) is 2. The second kappa shape index (κ2) is 15.0. The van der Waals surface area contributed by atoms with Gasteiger partial charge in [-0.2, -0.15) is 0 Å². The van der Waals surface area contributed by atoms with E-state index >= 15 is 0 Å². The van der Waals surface area contributed by atoms with E-state index in [2.05, 4.69) is 19.1 Å². The topological polar surface area (TPSA) is 54.4 Å². The highest BCUT2D eigenvalue weighted by Gasteiger charge is 1.96. The number of carbonyl (C=O) groups is 2. The van der Waals surface area contributed by atoms with Gasteiger partial charge in [-0.15, -0.1) is 0 Å². The summed E-state index contributed by atoms with van der Waals surface area (Å²) in [5.74, 6) is -0.467. The first kappa shape index (κ1) is 19.6. The maximum atomic E-state index is 11.4. The summed E-state index contributed by atoms with van der Waals surface area (Å²) in [5.41, 5.74) is 0. The molecular formula is C18H30O3. The van der Waals surface area contributed by atoms with Crippen molar-refractivity contribution >= 4 is 11.8 Å². The zero-order valence-corrected chi connectivity index (χ0v) is 13.4. The van der Waals surface area contributed by atoms with E-state index in [0.717, 1.165) is 57.8 Å². The van der Waals surface area contributed by atoms with Crippen LogP contribution in [0.3, 0.4) is 0 Å². The fourth-order valence-electron chi connectivity index (χ4n) is 2.00. The first-order valence-corrected chi connectivity index (χ1v) is 8.23. The van der Waals surface area contributed by atoms with Gasteiger partial charge in [0.15, 0.2) is 5.78 Å². The molecule has 0 saturated carbocycles. The van der Waals surface area contributed by atoms with Gasteiger partial charge in [-0.3, -0.25) is 9.59 Å². The molecule has 0 spiro atoms. The molecule has 0 bridgehead atoms. The summed E-state index contributed by atoms with van der Waals surface area (Å²) < 4.78 is 0. The molecule has 0 aromatic carbocycles. The molecule has 1 N–H and O–H groups in total. The highest BCUT2D eigenvalue weighted by molar-refractivity contribution is 5.89. The van der Waals surface area contributed by atoms with Gasteiger partial charge in [0.1, 0.15) is 0 Å². The van der Waals surface area contributed by atoms with Crippen molar-refractivity contribution in [2.75, 3.05) is 0 Å². The van der Waals surface area contributed by atoms with Crippen molar-refractivity contribution < 1.29 is 14.7 Å². The maximum absolute atomic E-state index is 11.4. The molecule has 0 atom stereocenters. The van der Waals surface area contributed by atoms with Crippen molar-refractivity contribution in [3.8, 4) is 0 Å². The molecule has 0 rings (SSSR count). The van der Waals surface area contributed by atoms with E-state index < -0.39 is 5.97 Å². The lowest BCUT2D eigenvalue weighted by molar-refractivity contribution is -0.137. The number of ketones is 1. The number of hydrogen-bond donors (Lipinski definition) is 1. The Kier molecular flexibility index (Phi) is 14.0. The standard InChI is InChI=1S/C18H30O3/c1-2-3-14-17(19)15-12-10-8-6-4-5-7-9-11-13-16-18(20)21/h6,8,12,15H,2-5,7,9-11,13-14,16H2,1H3,(H,20,21)/b8-6-,15-12+. The minimum absolute atomic E-state index is 0.228. The van der Waals surface area contributed by atoms with E-state index in [1.165, 1.54) is 0 Å². The largest absolute Gasteiger partial charge is 0.481 e. The van der Waals surface area contributed by atoms with Gasteiger partial charge in [-0.05, 0) is 38.2 Å². The van der Waals surface area contributed by atoms with Gasteiger partial charge >= 0.3 is 5.97 Å². The lowest BCUT2D eigenvalue weighted by Gasteiger charge is -1.98.